The number of halogens is 6. The number of benzene rings is 1. The lowest BCUT2D eigenvalue weighted by molar-refractivity contribution is -0.276. The highest BCUT2D eigenvalue weighted by molar-refractivity contribution is 6.29. The van der Waals surface area contributed by atoms with Crippen LogP contribution in [-0.4, -0.2) is 29.8 Å². The lowest BCUT2D eigenvalue weighted by atomic mass is 10.00. The van der Waals surface area contributed by atoms with Gasteiger partial charge in [0, 0.05) is 19.3 Å². The molecule has 0 radical (unpaired) electrons. The molecule has 0 N–H and O–H groups in total. The van der Waals surface area contributed by atoms with Crippen molar-refractivity contribution in [1.82, 2.24) is 9.88 Å². The maximum absolute atomic E-state index is 13.8. The highest BCUT2D eigenvalue weighted by atomic mass is 35.5. The summed E-state index contributed by atoms with van der Waals surface area (Å²) in [4.78, 5) is 6.00. The number of ether oxygens (including phenoxy) is 1. The largest absolute Gasteiger partial charge is 0.573 e. The molecule has 0 bridgehead atoms. The van der Waals surface area contributed by atoms with Crippen molar-refractivity contribution in [3.63, 3.8) is 0 Å². The molecule has 2 aromatic rings. The van der Waals surface area contributed by atoms with Crippen LogP contribution in [0.15, 0.2) is 30.5 Å². The van der Waals surface area contributed by atoms with Gasteiger partial charge in [-0.05, 0) is 48.7 Å². The van der Waals surface area contributed by atoms with Crippen molar-refractivity contribution < 1.29 is 26.7 Å². The van der Waals surface area contributed by atoms with E-state index in [9.17, 15) is 22.0 Å². The normalized spacial score (nSPS) is 13.1. The Morgan fingerprint density at radius 3 is 2.30 bits per heavy atom. The van der Waals surface area contributed by atoms with E-state index in [-0.39, 0.29) is 11.5 Å². The van der Waals surface area contributed by atoms with E-state index in [1.807, 2.05) is 24.9 Å². The number of alkyl halides is 3. The summed E-state index contributed by atoms with van der Waals surface area (Å²) in [6, 6.07) is 5.26. The third-order valence-electron chi connectivity index (χ3n) is 3.72. The maximum atomic E-state index is 13.8. The van der Waals surface area contributed by atoms with Crippen LogP contribution in [0.5, 0.6) is 5.75 Å². The Morgan fingerprint density at radius 1 is 1.15 bits per heavy atom. The number of aromatic nitrogens is 1. The molecule has 0 aliphatic rings. The molecule has 1 aromatic heterocycles. The fraction of sp³-hybridized carbons (Fsp3) is 0.389. The predicted molar refractivity (Wildman–Crippen MR) is 91.5 cm³/mol. The van der Waals surface area contributed by atoms with Gasteiger partial charge in [-0.15, -0.1) is 13.2 Å². The molecule has 3 nitrogen and oxygen atoms in total. The van der Waals surface area contributed by atoms with Crippen LogP contribution in [0.3, 0.4) is 0 Å². The van der Waals surface area contributed by atoms with Crippen molar-refractivity contribution >= 4 is 11.6 Å². The molecule has 0 aliphatic heterocycles. The molecule has 27 heavy (non-hydrogen) atoms. The van der Waals surface area contributed by atoms with Gasteiger partial charge in [0.25, 0.3) is 0 Å². The van der Waals surface area contributed by atoms with Gasteiger partial charge in [0.15, 0.2) is 11.6 Å². The Kier molecular flexibility index (Phi) is 7.00. The van der Waals surface area contributed by atoms with E-state index in [2.05, 4.69) is 9.72 Å². The first-order valence-electron chi connectivity index (χ1n) is 8.06. The van der Waals surface area contributed by atoms with E-state index in [4.69, 9.17) is 11.6 Å². The van der Waals surface area contributed by atoms with Crippen LogP contribution >= 0.6 is 11.6 Å². The predicted octanol–water partition coefficient (Wildman–Crippen LogP) is 5.22. The molecular formula is C18H18ClF5N2O. The summed E-state index contributed by atoms with van der Waals surface area (Å²) in [5.41, 5.74) is 1.22. The van der Waals surface area contributed by atoms with Gasteiger partial charge >= 0.3 is 6.36 Å². The van der Waals surface area contributed by atoms with Crippen LogP contribution in [0, 0.1) is 17.6 Å². The molecular weight excluding hydrogens is 391 g/mol. The van der Waals surface area contributed by atoms with Gasteiger partial charge in [0.05, 0.1) is 0 Å². The lowest BCUT2D eigenvalue weighted by Gasteiger charge is -2.21. The Morgan fingerprint density at radius 2 is 1.78 bits per heavy atom. The van der Waals surface area contributed by atoms with E-state index in [1.165, 1.54) is 0 Å². The van der Waals surface area contributed by atoms with Gasteiger partial charge in [-0.3, -0.25) is 0 Å². The highest BCUT2D eigenvalue weighted by Crippen LogP contribution is 2.30. The molecule has 0 amide bonds. The van der Waals surface area contributed by atoms with Crippen LogP contribution in [-0.2, 0) is 13.0 Å². The van der Waals surface area contributed by atoms with Crippen molar-refractivity contribution in [3.05, 3.63) is 58.4 Å². The number of hydrogen-bond donors (Lipinski definition) is 0. The first-order chi connectivity index (χ1) is 12.5. The second-order valence-electron chi connectivity index (χ2n) is 6.43. The van der Waals surface area contributed by atoms with Crippen LogP contribution in [0.25, 0.3) is 0 Å². The van der Waals surface area contributed by atoms with Crippen molar-refractivity contribution in [3.8, 4) is 5.75 Å². The minimum absolute atomic E-state index is 0.00319. The smallest absolute Gasteiger partial charge is 0.399 e. The molecule has 0 aliphatic carbocycles. The second-order valence-corrected chi connectivity index (χ2v) is 6.82. The fourth-order valence-electron chi connectivity index (χ4n) is 2.82. The van der Waals surface area contributed by atoms with Gasteiger partial charge in [0.1, 0.15) is 5.15 Å². The van der Waals surface area contributed by atoms with E-state index in [0.717, 1.165) is 17.7 Å². The number of pyridine rings is 1. The van der Waals surface area contributed by atoms with E-state index < -0.39 is 23.7 Å². The third-order valence-corrected chi connectivity index (χ3v) is 3.95. The first kappa shape index (κ1) is 21.4. The van der Waals surface area contributed by atoms with Crippen molar-refractivity contribution in [2.75, 3.05) is 13.6 Å². The third kappa shape index (κ3) is 6.95. The van der Waals surface area contributed by atoms with Crippen LogP contribution in [0.4, 0.5) is 22.0 Å². The molecule has 1 unspecified atom stereocenters. The van der Waals surface area contributed by atoms with Crippen molar-refractivity contribution in [2.45, 2.75) is 26.3 Å². The number of hydrogen-bond acceptors (Lipinski definition) is 3. The standard InChI is InChI=1S/C18H18ClF5N2O/c1-11(9-26(2)10-12-3-4-16(19)25-8-12)5-13-6-14(20)17(15(21)7-13)27-18(22,23)24/h3-4,6-8,11H,5,9-10H2,1-2H3. The molecule has 1 aromatic carbocycles. The zero-order valence-electron chi connectivity index (χ0n) is 14.7. The van der Waals surface area contributed by atoms with Gasteiger partial charge in [-0.1, -0.05) is 24.6 Å². The highest BCUT2D eigenvalue weighted by Gasteiger charge is 2.34. The average molecular weight is 409 g/mol. The molecule has 0 fully saturated rings. The topological polar surface area (TPSA) is 25.4 Å². The van der Waals surface area contributed by atoms with Gasteiger partial charge in [0.2, 0.25) is 5.75 Å². The van der Waals surface area contributed by atoms with E-state index >= 15 is 0 Å². The Labute approximate surface area is 158 Å². The van der Waals surface area contributed by atoms with Crippen LogP contribution < -0.4 is 4.74 Å². The summed E-state index contributed by atoms with van der Waals surface area (Å²) in [6.45, 7) is 3.09. The molecule has 2 rings (SSSR count). The fourth-order valence-corrected chi connectivity index (χ4v) is 2.93. The summed E-state index contributed by atoms with van der Waals surface area (Å²) in [5.74, 6) is -4.19. The number of rotatable bonds is 7. The zero-order valence-corrected chi connectivity index (χ0v) is 15.4. The lowest BCUT2D eigenvalue weighted by Crippen LogP contribution is -2.25. The van der Waals surface area contributed by atoms with Gasteiger partial charge < -0.3 is 9.64 Å². The quantitative estimate of drug-likeness (QED) is 0.464. The molecule has 9 heteroatoms. The Hall–Kier alpha value is -1.93. The van der Waals surface area contributed by atoms with Crippen molar-refractivity contribution in [2.24, 2.45) is 5.92 Å². The maximum Gasteiger partial charge on any atom is 0.573 e. The van der Waals surface area contributed by atoms with Crippen molar-refractivity contribution in [1.29, 1.82) is 0 Å². The molecule has 148 valence electrons. The van der Waals surface area contributed by atoms with E-state index in [0.29, 0.717) is 24.7 Å². The first-order valence-corrected chi connectivity index (χ1v) is 8.44. The summed E-state index contributed by atoms with van der Waals surface area (Å²) < 4.78 is 67.5. The Balaban J connectivity index is 1.96. The summed E-state index contributed by atoms with van der Waals surface area (Å²) >= 11 is 5.74. The molecule has 0 spiro atoms. The van der Waals surface area contributed by atoms with Gasteiger partial charge in [-0.25, -0.2) is 13.8 Å². The number of nitrogens with zero attached hydrogens (tertiary/aromatic N) is 2. The van der Waals surface area contributed by atoms with E-state index in [1.54, 1.807) is 12.3 Å². The van der Waals surface area contributed by atoms with Crippen LogP contribution in [0.2, 0.25) is 5.15 Å². The summed E-state index contributed by atoms with van der Waals surface area (Å²) in [5, 5.41) is 0.400. The molecule has 1 atom stereocenters. The average Bonchev–Trinajstić information content (AvgIpc) is 2.52. The minimum atomic E-state index is -5.16. The SMILES string of the molecule is CC(Cc1cc(F)c(OC(F)(F)F)c(F)c1)CN(C)Cc1ccc(Cl)nc1. The monoisotopic (exact) mass is 408 g/mol. The summed E-state index contributed by atoms with van der Waals surface area (Å²) in [7, 11) is 1.88. The summed E-state index contributed by atoms with van der Waals surface area (Å²) in [6.07, 6.45) is -3.20. The molecule has 1 heterocycles. The second kappa shape index (κ2) is 8.84. The zero-order chi connectivity index (χ0) is 20.2. The van der Waals surface area contributed by atoms with Gasteiger partial charge in [-0.2, -0.15) is 0 Å². The Bertz CT molecular complexity index is 744. The molecule has 0 saturated heterocycles. The van der Waals surface area contributed by atoms with Crippen LogP contribution in [0.1, 0.15) is 18.1 Å². The minimum Gasteiger partial charge on any atom is -0.399 e. The molecule has 0 saturated carbocycles.